The number of nitrogens with one attached hydrogen (secondary N) is 2. The predicted molar refractivity (Wildman–Crippen MR) is 133 cm³/mol. The van der Waals surface area contributed by atoms with Crippen LogP contribution in [0.4, 0.5) is 19.0 Å². The average molecular weight is 521 g/mol. The van der Waals surface area contributed by atoms with Crippen LogP contribution in [0.3, 0.4) is 0 Å². The minimum Gasteiger partial charge on any atom is -0.487 e. The van der Waals surface area contributed by atoms with E-state index in [0.29, 0.717) is 47.3 Å². The number of hydrogen-bond donors (Lipinski definition) is 3. The Morgan fingerprint density at radius 1 is 1.14 bits per heavy atom. The zero-order valence-corrected chi connectivity index (χ0v) is 21.2. The van der Waals surface area contributed by atoms with Crippen LogP contribution >= 0.6 is 0 Å². The van der Waals surface area contributed by atoms with Crippen molar-refractivity contribution in [1.29, 1.82) is 0 Å². The zero-order chi connectivity index (χ0) is 26.8. The number of fused-ring (bicyclic) bond motifs is 1. The Bertz CT molecular complexity index is 1260. The van der Waals surface area contributed by atoms with Crippen molar-refractivity contribution >= 4 is 16.7 Å². The van der Waals surface area contributed by atoms with E-state index >= 15 is 4.39 Å². The van der Waals surface area contributed by atoms with Crippen molar-refractivity contribution in [3.05, 3.63) is 53.1 Å². The summed E-state index contributed by atoms with van der Waals surface area (Å²) in [6, 6.07) is 7.22. The molecular formula is C26H31F3N4O4. The lowest BCUT2D eigenvalue weighted by Gasteiger charge is -2.30. The number of hydrogen-bond acceptors (Lipinski definition) is 8. The normalized spacial score (nSPS) is 14.5. The second kappa shape index (κ2) is 10.7. The Kier molecular flexibility index (Phi) is 7.77. The van der Waals surface area contributed by atoms with Gasteiger partial charge < -0.3 is 30.0 Å². The lowest BCUT2D eigenvalue weighted by atomic mass is 9.92. The highest BCUT2D eigenvalue weighted by Crippen LogP contribution is 2.41. The number of benzene rings is 2. The van der Waals surface area contributed by atoms with Gasteiger partial charge in [0.25, 0.3) is 0 Å². The van der Waals surface area contributed by atoms with Crippen LogP contribution in [-0.2, 0) is 17.2 Å². The standard InChI is InChI=1S/C26H31F3N4O4/c1-15-32-20-11-22(37-17-13-30-14-17)21(36-9-8-35-4)10-18(20)24(33-15)31-12-16-6-5-7-19(23(16)27)26(28,29)25(2,3)34/h5-7,10-11,17,30,34H,8-9,12-14H2,1-4H3,(H,31,32,33). The molecule has 1 aliphatic heterocycles. The second-order valence-electron chi connectivity index (χ2n) is 9.44. The first-order valence-electron chi connectivity index (χ1n) is 11.9. The largest absolute Gasteiger partial charge is 0.487 e. The fraction of sp³-hybridized carbons (Fsp3) is 0.462. The number of rotatable bonds is 11. The summed E-state index contributed by atoms with van der Waals surface area (Å²) >= 11 is 0. The number of methoxy groups -OCH3 is 1. The summed E-state index contributed by atoms with van der Waals surface area (Å²) < 4.78 is 61.5. The number of ether oxygens (including phenoxy) is 3. The molecule has 8 nitrogen and oxygen atoms in total. The Balaban J connectivity index is 1.66. The van der Waals surface area contributed by atoms with Crippen LogP contribution in [-0.4, -0.2) is 60.2 Å². The van der Waals surface area contributed by atoms with E-state index in [4.69, 9.17) is 14.2 Å². The molecule has 2 aromatic carbocycles. The van der Waals surface area contributed by atoms with Crippen molar-refractivity contribution < 1.29 is 32.5 Å². The molecule has 0 amide bonds. The number of nitrogens with zero attached hydrogens (tertiary/aromatic N) is 2. The highest BCUT2D eigenvalue weighted by molar-refractivity contribution is 5.91. The van der Waals surface area contributed by atoms with Gasteiger partial charge in [-0.25, -0.2) is 14.4 Å². The van der Waals surface area contributed by atoms with Crippen LogP contribution in [0, 0.1) is 12.7 Å². The zero-order valence-electron chi connectivity index (χ0n) is 21.2. The topological polar surface area (TPSA) is 97.8 Å². The maximum absolute atomic E-state index is 15.1. The summed E-state index contributed by atoms with van der Waals surface area (Å²) in [6.07, 6.45) is 0.0139. The molecule has 1 aliphatic rings. The number of aromatic nitrogens is 2. The number of aryl methyl sites for hydroxylation is 1. The first-order chi connectivity index (χ1) is 17.5. The molecule has 200 valence electrons. The Morgan fingerprint density at radius 2 is 1.89 bits per heavy atom. The van der Waals surface area contributed by atoms with E-state index in [-0.39, 0.29) is 18.2 Å². The van der Waals surface area contributed by atoms with Gasteiger partial charge >= 0.3 is 5.92 Å². The molecule has 0 aliphatic carbocycles. The average Bonchev–Trinajstić information content (AvgIpc) is 2.80. The molecule has 11 heteroatoms. The van der Waals surface area contributed by atoms with Crippen molar-refractivity contribution in [1.82, 2.24) is 15.3 Å². The summed E-state index contributed by atoms with van der Waals surface area (Å²) in [4.78, 5) is 8.95. The Labute approximate surface area is 213 Å². The van der Waals surface area contributed by atoms with Crippen LogP contribution in [0.25, 0.3) is 10.9 Å². The third kappa shape index (κ3) is 5.73. The molecular weight excluding hydrogens is 489 g/mol. The first-order valence-corrected chi connectivity index (χ1v) is 11.9. The molecule has 37 heavy (non-hydrogen) atoms. The van der Waals surface area contributed by atoms with E-state index in [9.17, 15) is 13.9 Å². The number of anilines is 1. The van der Waals surface area contributed by atoms with E-state index in [0.717, 1.165) is 33.0 Å². The van der Waals surface area contributed by atoms with E-state index in [1.807, 2.05) is 0 Å². The van der Waals surface area contributed by atoms with E-state index in [1.165, 1.54) is 12.1 Å². The minimum atomic E-state index is -3.79. The van der Waals surface area contributed by atoms with Crippen molar-refractivity contribution in [2.75, 3.05) is 38.7 Å². The van der Waals surface area contributed by atoms with Crippen molar-refractivity contribution in [2.45, 2.75) is 44.9 Å². The molecule has 0 unspecified atom stereocenters. The van der Waals surface area contributed by atoms with Gasteiger partial charge in [0.1, 0.15) is 35.8 Å². The third-order valence-electron chi connectivity index (χ3n) is 6.09. The minimum absolute atomic E-state index is 0.000143. The van der Waals surface area contributed by atoms with Crippen molar-refractivity contribution in [2.24, 2.45) is 0 Å². The Hall–Kier alpha value is -3.15. The lowest BCUT2D eigenvalue weighted by molar-refractivity contribution is -0.170. The number of alkyl halides is 2. The molecule has 0 atom stereocenters. The number of aliphatic hydroxyl groups is 1. The molecule has 0 radical (unpaired) electrons. The van der Waals surface area contributed by atoms with E-state index < -0.39 is 22.9 Å². The SMILES string of the molecule is COCCOc1cc2c(NCc3cccc(C(F)(F)C(C)(C)O)c3F)nc(C)nc2cc1OC1CNC1. The van der Waals surface area contributed by atoms with Gasteiger partial charge in [-0.3, -0.25) is 0 Å². The summed E-state index contributed by atoms with van der Waals surface area (Å²) in [5.74, 6) is -3.02. The Morgan fingerprint density at radius 3 is 2.54 bits per heavy atom. The fourth-order valence-corrected chi connectivity index (χ4v) is 3.82. The molecule has 0 spiro atoms. The van der Waals surface area contributed by atoms with Gasteiger partial charge in [0.2, 0.25) is 0 Å². The fourth-order valence-electron chi connectivity index (χ4n) is 3.82. The molecule has 0 bridgehead atoms. The van der Waals surface area contributed by atoms with Gasteiger partial charge in [0.15, 0.2) is 11.5 Å². The number of halogens is 3. The summed E-state index contributed by atoms with van der Waals surface area (Å²) in [6.45, 7) is 5.60. The van der Waals surface area contributed by atoms with Gasteiger partial charge in [-0.1, -0.05) is 12.1 Å². The van der Waals surface area contributed by atoms with Crippen LogP contribution in [0.15, 0.2) is 30.3 Å². The first kappa shape index (κ1) is 26.9. The molecule has 0 saturated carbocycles. The summed E-state index contributed by atoms with van der Waals surface area (Å²) in [5.41, 5.74) is -2.72. The third-order valence-corrected chi connectivity index (χ3v) is 6.09. The molecule has 1 fully saturated rings. The van der Waals surface area contributed by atoms with Gasteiger partial charge in [0.05, 0.1) is 17.7 Å². The molecule has 4 rings (SSSR count). The van der Waals surface area contributed by atoms with Crippen LogP contribution < -0.4 is 20.1 Å². The van der Waals surface area contributed by atoms with Gasteiger partial charge in [0, 0.05) is 43.8 Å². The van der Waals surface area contributed by atoms with Gasteiger partial charge in [-0.15, -0.1) is 0 Å². The summed E-state index contributed by atoms with van der Waals surface area (Å²) in [7, 11) is 1.57. The second-order valence-corrected chi connectivity index (χ2v) is 9.44. The van der Waals surface area contributed by atoms with Crippen LogP contribution in [0.2, 0.25) is 0 Å². The van der Waals surface area contributed by atoms with Crippen LogP contribution in [0.1, 0.15) is 30.8 Å². The molecule has 3 N–H and O–H groups in total. The highest BCUT2D eigenvalue weighted by atomic mass is 19.3. The maximum Gasteiger partial charge on any atom is 0.303 e. The smallest absolute Gasteiger partial charge is 0.303 e. The monoisotopic (exact) mass is 520 g/mol. The lowest BCUT2D eigenvalue weighted by Crippen LogP contribution is -2.50. The summed E-state index contributed by atoms with van der Waals surface area (Å²) in [5, 5.41) is 16.7. The quantitative estimate of drug-likeness (QED) is 0.327. The van der Waals surface area contributed by atoms with Gasteiger partial charge in [-0.05, 0) is 32.9 Å². The molecule has 2 heterocycles. The van der Waals surface area contributed by atoms with Crippen LogP contribution in [0.5, 0.6) is 11.5 Å². The van der Waals surface area contributed by atoms with Crippen molar-refractivity contribution in [3.8, 4) is 11.5 Å². The highest BCUT2D eigenvalue weighted by Gasteiger charge is 2.49. The van der Waals surface area contributed by atoms with Crippen molar-refractivity contribution in [3.63, 3.8) is 0 Å². The van der Waals surface area contributed by atoms with E-state index in [2.05, 4.69) is 20.6 Å². The van der Waals surface area contributed by atoms with Gasteiger partial charge in [-0.2, -0.15) is 8.78 Å². The molecule has 1 aromatic heterocycles. The molecule has 3 aromatic rings. The van der Waals surface area contributed by atoms with E-state index in [1.54, 1.807) is 26.2 Å². The predicted octanol–water partition coefficient (Wildman–Crippen LogP) is 3.93. The maximum atomic E-state index is 15.1. The molecule has 1 saturated heterocycles.